The van der Waals surface area contributed by atoms with Crippen molar-refractivity contribution in [3.8, 4) is 11.5 Å². The Kier molecular flexibility index (Phi) is 5.52. The molecule has 2 aromatic rings. The topological polar surface area (TPSA) is 64.5 Å². The lowest BCUT2D eigenvalue weighted by Gasteiger charge is -2.30. The van der Waals surface area contributed by atoms with Crippen LogP contribution in [0.15, 0.2) is 48.5 Å². The number of hydrogen-bond donors (Lipinski definition) is 4. The Bertz CT molecular complexity index is 587. The minimum Gasteiger partial charge on any atom is -0.508 e. The lowest BCUT2D eigenvalue weighted by atomic mass is 9.93. The molecule has 4 nitrogen and oxygen atoms in total. The zero-order chi connectivity index (χ0) is 17.8. The zero-order valence-electron chi connectivity index (χ0n) is 14.9. The highest BCUT2D eigenvalue weighted by atomic mass is 16.3. The molecule has 0 bridgehead atoms. The molecule has 0 aliphatic carbocycles. The Morgan fingerprint density at radius 3 is 1.21 bits per heavy atom. The highest BCUT2D eigenvalue weighted by Crippen LogP contribution is 2.23. The number of hydrogen-bond acceptors (Lipinski definition) is 4. The first-order valence-corrected chi connectivity index (χ1v) is 8.30. The molecule has 0 amide bonds. The number of benzene rings is 2. The van der Waals surface area contributed by atoms with E-state index in [9.17, 15) is 10.2 Å². The van der Waals surface area contributed by atoms with Gasteiger partial charge in [-0.1, -0.05) is 24.3 Å². The molecule has 0 aromatic heterocycles. The summed E-state index contributed by atoms with van der Waals surface area (Å²) in [6.07, 6.45) is 0. The van der Waals surface area contributed by atoms with Gasteiger partial charge >= 0.3 is 0 Å². The molecule has 2 aromatic carbocycles. The standard InChI is InChI=1S/C20H28N2O2/c1-19(2,15-5-9-17(23)10-6-15)21-13-14-22-20(3,4)16-7-11-18(24)12-8-16/h5-12,21-24H,13-14H2,1-4H3. The van der Waals surface area contributed by atoms with Crippen LogP contribution < -0.4 is 10.6 Å². The Labute approximate surface area is 144 Å². The van der Waals surface area contributed by atoms with Crippen LogP contribution in [0.3, 0.4) is 0 Å². The Balaban J connectivity index is 1.87. The first kappa shape index (κ1) is 18.3. The average molecular weight is 328 g/mol. The maximum Gasteiger partial charge on any atom is 0.115 e. The first-order valence-electron chi connectivity index (χ1n) is 8.30. The molecule has 0 saturated carbocycles. The maximum absolute atomic E-state index is 9.41. The number of rotatable bonds is 7. The van der Waals surface area contributed by atoms with Crippen LogP contribution in [0.2, 0.25) is 0 Å². The zero-order valence-corrected chi connectivity index (χ0v) is 14.9. The van der Waals surface area contributed by atoms with Gasteiger partial charge in [-0.05, 0) is 63.1 Å². The minimum absolute atomic E-state index is 0.169. The van der Waals surface area contributed by atoms with Gasteiger partial charge in [-0.15, -0.1) is 0 Å². The summed E-state index contributed by atoms with van der Waals surface area (Å²) in [5.74, 6) is 0.568. The van der Waals surface area contributed by atoms with E-state index in [1.807, 2.05) is 24.3 Å². The molecule has 0 aliphatic rings. The minimum atomic E-state index is -0.169. The fourth-order valence-electron chi connectivity index (χ4n) is 2.71. The summed E-state index contributed by atoms with van der Waals surface area (Å²) in [5.41, 5.74) is 1.94. The van der Waals surface area contributed by atoms with E-state index in [1.165, 1.54) is 0 Å². The largest absolute Gasteiger partial charge is 0.508 e. The fourth-order valence-corrected chi connectivity index (χ4v) is 2.71. The van der Waals surface area contributed by atoms with Crippen molar-refractivity contribution in [2.45, 2.75) is 38.8 Å². The van der Waals surface area contributed by atoms with Gasteiger partial charge in [0.1, 0.15) is 11.5 Å². The van der Waals surface area contributed by atoms with Crippen LogP contribution in [0.5, 0.6) is 11.5 Å². The van der Waals surface area contributed by atoms with Gasteiger partial charge in [0.05, 0.1) is 0 Å². The molecular formula is C20H28N2O2. The van der Waals surface area contributed by atoms with Crippen molar-refractivity contribution in [1.82, 2.24) is 10.6 Å². The molecule has 0 heterocycles. The molecule has 0 fully saturated rings. The molecule has 24 heavy (non-hydrogen) atoms. The molecule has 0 radical (unpaired) electrons. The summed E-state index contributed by atoms with van der Waals surface area (Å²) < 4.78 is 0. The highest BCUT2D eigenvalue weighted by Gasteiger charge is 2.22. The van der Waals surface area contributed by atoms with Crippen molar-refractivity contribution in [2.75, 3.05) is 13.1 Å². The summed E-state index contributed by atoms with van der Waals surface area (Å²) in [7, 11) is 0. The first-order chi connectivity index (χ1) is 11.2. The number of nitrogens with one attached hydrogen (secondary N) is 2. The third kappa shape index (κ3) is 4.73. The van der Waals surface area contributed by atoms with E-state index in [-0.39, 0.29) is 22.6 Å². The van der Waals surface area contributed by atoms with Crippen LogP contribution >= 0.6 is 0 Å². The molecule has 0 atom stereocenters. The second kappa shape index (κ2) is 7.24. The molecule has 4 heteroatoms. The van der Waals surface area contributed by atoms with Crippen LogP contribution in [0.4, 0.5) is 0 Å². The third-order valence-corrected chi connectivity index (χ3v) is 4.44. The van der Waals surface area contributed by atoms with Gasteiger partial charge in [-0.3, -0.25) is 0 Å². The average Bonchev–Trinajstić information content (AvgIpc) is 2.52. The molecule has 130 valence electrons. The summed E-state index contributed by atoms with van der Waals surface area (Å²) in [6, 6.07) is 14.6. The lowest BCUT2D eigenvalue weighted by molar-refractivity contribution is 0.358. The van der Waals surface area contributed by atoms with Gasteiger partial charge in [-0.25, -0.2) is 0 Å². The van der Waals surface area contributed by atoms with E-state index < -0.39 is 0 Å². The van der Waals surface area contributed by atoms with Crippen molar-refractivity contribution >= 4 is 0 Å². The van der Waals surface area contributed by atoms with E-state index in [4.69, 9.17) is 0 Å². The van der Waals surface area contributed by atoms with Crippen LogP contribution in [0.1, 0.15) is 38.8 Å². The van der Waals surface area contributed by atoms with E-state index in [2.05, 4.69) is 38.3 Å². The second-order valence-corrected chi connectivity index (χ2v) is 7.20. The monoisotopic (exact) mass is 328 g/mol. The summed E-state index contributed by atoms with van der Waals surface area (Å²) in [5, 5.41) is 25.9. The van der Waals surface area contributed by atoms with Crippen molar-refractivity contribution in [2.24, 2.45) is 0 Å². The highest BCUT2D eigenvalue weighted by molar-refractivity contribution is 5.31. The summed E-state index contributed by atoms with van der Waals surface area (Å²) in [6.45, 7) is 10.1. The van der Waals surface area contributed by atoms with Crippen molar-refractivity contribution in [1.29, 1.82) is 0 Å². The van der Waals surface area contributed by atoms with Gasteiger partial charge in [0.2, 0.25) is 0 Å². The molecular weight excluding hydrogens is 300 g/mol. The quantitative estimate of drug-likeness (QED) is 0.588. The SMILES string of the molecule is CC(C)(NCCNC(C)(C)c1ccc(O)cc1)c1ccc(O)cc1. The number of phenols is 2. The van der Waals surface area contributed by atoms with Gasteiger partial charge in [0, 0.05) is 24.2 Å². The van der Waals surface area contributed by atoms with Gasteiger partial charge < -0.3 is 20.8 Å². The number of phenolic OH excluding ortho intramolecular Hbond substituents is 2. The van der Waals surface area contributed by atoms with Gasteiger partial charge in [-0.2, -0.15) is 0 Å². The second-order valence-electron chi connectivity index (χ2n) is 7.20. The molecule has 0 unspecified atom stereocenters. The molecule has 0 aliphatic heterocycles. The summed E-state index contributed by atoms with van der Waals surface area (Å²) in [4.78, 5) is 0. The van der Waals surface area contributed by atoms with Crippen LogP contribution in [-0.4, -0.2) is 23.3 Å². The van der Waals surface area contributed by atoms with E-state index >= 15 is 0 Å². The molecule has 2 rings (SSSR count). The maximum atomic E-state index is 9.41. The van der Waals surface area contributed by atoms with Gasteiger partial charge in [0.15, 0.2) is 0 Å². The van der Waals surface area contributed by atoms with Crippen LogP contribution in [0.25, 0.3) is 0 Å². The van der Waals surface area contributed by atoms with E-state index in [1.54, 1.807) is 24.3 Å². The number of aromatic hydroxyl groups is 2. The predicted octanol–water partition coefficient (Wildman–Crippen LogP) is 3.45. The Morgan fingerprint density at radius 1 is 0.625 bits per heavy atom. The molecule has 0 spiro atoms. The smallest absolute Gasteiger partial charge is 0.115 e. The fraction of sp³-hybridized carbons (Fsp3) is 0.400. The van der Waals surface area contributed by atoms with Crippen molar-refractivity contribution in [3.05, 3.63) is 59.7 Å². The van der Waals surface area contributed by atoms with Crippen LogP contribution in [0, 0.1) is 0 Å². The van der Waals surface area contributed by atoms with E-state index in [0.717, 1.165) is 24.2 Å². The summed E-state index contributed by atoms with van der Waals surface area (Å²) >= 11 is 0. The van der Waals surface area contributed by atoms with Crippen LogP contribution in [-0.2, 0) is 11.1 Å². The molecule has 4 N–H and O–H groups in total. The Hall–Kier alpha value is -2.04. The van der Waals surface area contributed by atoms with Crippen molar-refractivity contribution < 1.29 is 10.2 Å². The Morgan fingerprint density at radius 2 is 0.917 bits per heavy atom. The molecule has 0 saturated heterocycles. The van der Waals surface area contributed by atoms with E-state index in [0.29, 0.717) is 0 Å². The van der Waals surface area contributed by atoms with Crippen molar-refractivity contribution in [3.63, 3.8) is 0 Å². The lowest BCUT2D eigenvalue weighted by Crippen LogP contribution is -2.44. The third-order valence-electron chi connectivity index (χ3n) is 4.44. The normalized spacial score (nSPS) is 12.3. The predicted molar refractivity (Wildman–Crippen MR) is 98.3 cm³/mol. The van der Waals surface area contributed by atoms with Gasteiger partial charge in [0.25, 0.3) is 0 Å².